The van der Waals surface area contributed by atoms with Crippen LogP contribution >= 0.6 is 12.6 Å². The molecule has 11 amide bonds. The number of carbonyl (C=O) groups is 12. The van der Waals surface area contributed by atoms with Crippen molar-refractivity contribution in [1.82, 2.24) is 88.0 Å². The summed E-state index contributed by atoms with van der Waals surface area (Å²) in [7, 11) is 3.42. The lowest BCUT2D eigenvalue weighted by Crippen LogP contribution is -2.61. The van der Waals surface area contributed by atoms with Crippen molar-refractivity contribution >= 4 is 106 Å². The van der Waals surface area contributed by atoms with Crippen LogP contribution in [0.3, 0.4) is 0 Å². The van der Waals surface area contributed by atoms with E-state index in [0.717, 1.165) is 5.52 Å². The molecule has 2 aliphatic heterocycles. The molecule has 2 aromatic carbocycles. The van der Waals surface area contributed by atoms with E-state index in [1.807, 2.05) is 19.9 Å². The molecule has 109 heavy (non-hydrogen) atoms. The normalized spacial score (nSPS) is 16.2. The largest absolute Gasteiger partial charge is 0.508 e. The second-order valence-corrected chi connectivity index (χ2v) is 28.9. The third-order valence-electron chi connectivity index (χ3n) is 17.2. The van der Waals surface area contributed by atoms with Crippen molar-refractivity contribution in [3.63, 3.8) is 0 Å². The van der Waals surface area contributed by atoms with Crippen LogP contribution in [0.5, 0.6) is 5.75 Å². The number of fused-ring (bicyclic) bond motifs is 1. The van der Waals surface area contributed by atoms with E-state index in [2.05, 4.69) is 101 Å². The van der Waals surface area contributed by atoms with Gasteiger partial charge in [0.05, 0.1) is 19.3 Å². The number of nitrogens with zero attached hydrogens (tertiary/aromatic N) is 6. The number of aliphatic carboxylic acids is 1. The summed E-state index contributed by atoms with van der Waals surface area (Å²) in [5.74, 6) is -9.08. The molecular weight excluding hydrogens is 1430 g/mol. The van der Waals surface area contributed by atoms with Gasteiger partial charge in [0.1, 0.15) is 66.2 Å². The molecule has 596 valence electrons. The topological polar surface area (TPSA) is 592 Å². The number of carboxylic acid groups (broad SMARTS) is 1. The van der Waals surface area contributed by atoms with Crippen LogP contribution in [0.25, 0.3) is 10.9 Å². The number of hydrogen-bond donors (Lipinski definition) is 21. The third-order valence-corrected chi connectivity index (χ3v) is 17.4. The van der Waals surface area contributed by atoms with Gasteiger partial charge < -0.3 is 106 Å². The van der Waals surface area contributed by atoms with Crippen molar-refractivity contribution in [1.29, 1.82) is 5.41 Å². The second kappa shape index (κ2) is 42.9. The lowest BCUT2D eigenvalue weighted by Gasteiger charge is -2.31. The van der Waals surface area contributed by atoms with Crippen LogP contribution in [-0.2, 0) is 72.0 Å². The smallest absolute Gasteiger partial charge is 0.321 e. The van der Waals surface area contributed by atoms with Gasteiger partial charge in [-0.05, 0) is 107 Å². The SMILES string of the molecule is CC(C)(S)[C@@H](N)C(=O)O.CCNC(=O)[C@@H]1CCCN1C(=O)[C@H](CCCNC(=N)N)NC(=O)[C@H](CC(C)C)NC(=O)[C@@H](CC(C)C)NC(=O)[C@H](Cc1ccc(O)cc1)NC(=O)[C@H](CO)NC(=O)[C@H](Cc1c[nH]c2ccccc12)NC(=O)[C@H](Cc1cnc[nH]1)NC(=O)[C@@H]1CCC(=O)N1.CN(C)/N=N/c1[nH]cnc1C(N)=O. The van der Waals surface area contributed by atoms with E-state index in [-0.39, 0.29) is 111 Å². The van der Waals surface area contributed by atoms with Gasteiger partial charge in [-0.2, -0.15) is 12.6 Å². The number of thiol groups is 1. The predicted octanol–water partition coefficient (Wildman–Crippen LogP) is -1.05. The Hall–Kier alpha value is -11.2. The summed E-state index contributed by atoms with van der Waals surface area (Å²) in [5, 5.41) is 73.4. The monoisotopic (exact) mass is 1540 g/mol. The van der Waals surface area contributed by atoms with Crippen LogP contribution in [0.4, 0.5) is 5.82 Å². The van der Waals surface area contributed by atoms with E-state index in [4.69, 9.17) is 27.7 Å². The lowest BCUT2D eigenvalue weighted by atomic mass is 9.98. The number of primary amides is 1. The molecule has 5 aromatic rings. The van der Waals surface area contributed by atoms with Gasteiger partial charge in [-0.25, -0.2) is 9.97 Å². The molecule has 2 aliphatic rings. The Kier molecular flexibility index (Phi) is 34.8. The van der Waals surface area contributed by atoms with E-state index in [1.54, 1.807) is 73.1 Å². The van der Waals surface area contributed by atoms with E-state index in [0.29, 0.717) is 48.0 Å². The fourth-order valence-electron chi connectivity index (χ4n) is 11.5. The molecule has 0 bridgehead atoms. The average Bonchev–Trinajstić information content (AvgIpc) is 1.72. The predicted molar refractivity (Wildman–Crippen MR) is 403 cm³/mol. The maximum atomic E-state index is 14.7. The van der Waals surface area contributed by atoms with Gasteiger partial charge >= 0.3 is 5.97 Å². The first-order valence-electron chi connectivity index (χ1n) is 35.6. The number of benzene rings is 2. The molecule has 0 radical (unpaired) electrons. The molecular formula is C70H105N23O15S. The fraction of sp³-hybridized carbons (Fsp3) is 0.529. The first kappa shape index (κ1) is 88.4. The van der Waals surface area contributed by atoms with Gasteiger partial charge in [-0.3, -0.25) is 68.0 Å². The maximum absolute atomic E-state index is 14.7. The number of carboxylic acids is 1. The highest BCUT2D eigenvalue weighted by molar-refractivity contribution is 7.81. The fourth-order valence-corrected chi connectivity index (χ4v) is 11.6. The summed E-state index contributed by atoms with van der Waals surface area (Å²) in [5.41, 5.74) is 18.0. The quantitative estimate of drug-likeness (QED) is 0.00563. The minimum absolute atomic E-state index is 0.0380. The molecule has 0 unspecified atom stereocenters. The molecule has 0 spiro atoms. The van der Waals surface area contributed by atoms with Crippen LogP contribution in [0, 0.1) is 17.2 Å². The van der Waals surface area contributed by atoms with Gasteiger partial charge in [0, 0.05) is 93.2 Å². The number of nitrogens with two attached hydrogens (primary N) is 3. The molecule has 10 atom stereocenters. The van der Waals surface area contributed by atoms with Crippen molar-refractivity contribution in [3.8, 4) is 5.75 Å². The van der Waals surface area contributed by atoms with Crippen molar-refractivity contribution in [2.24, 2.45) is 39.4 Å². The van der Waals surface area contributed by atoms with Crippen molar-refractivity contribution < 1.29 is 72.9 Å². The number of rotatable bonds is 37. The summed E-state index contributed by atoms with van der Waals surface area (Å²) in [4.78, 5) is 178. The molecule has 39 heteroatoms. The number of aliphatic hydroxyl groups is 1. The highest BCUT2D eigenvalue weighted by Gasteiger charge is 2.40. The molecule has 2 saturated heterocycles. The van der Waals surface area contributed by atoms with Crippen molar-refractivity contribution in [2.45, 2.75) is 184 Å². The molecule has 3 aromatic heterocycles. The van der Waals surface area contributed by atoms with Gasteiger partial charge in [0.25, 0.3) is 5.91 Å². The molecule has 7 rings (SSSR count). The molecule has 5 heterocycles. The number of amides is 11. The van der Waals surface area contributed by atoms with E-state index >= 15 is 0 Å². The number of hydrogen-bond acceptors (Lipinski definition) is 21. The van der Waals surface area contributed by atoms with E-state index in [1.165, 1.54) is 53.0 Å². The number of phenolic OH excluding ortho intramolecular Hbond substituents is 1. The summed E-state index contributed by atoms with van der Waals surface area (Å²) < 4.78 is -0.647. The Morgan fingerprint density at radius 1 is 0.734 bits per heavy atom. The van der Waals surface area contributed by atoms with E-state index in [9.17, 15) is 67.7 Å². The standard InChI is InChI=1S/C59H84N16O12.C6H10N6O.C5H11NO2S/c1-6-63-57(86)48-14-10-22-75(48)58(87)41(13-9-21-64-59(60)61)68-51(80)42(23-32(2)3)69-52(81)43(24-33(4)5)70-53(82)44(25-34-15-17-37(77)18-16-34)71-56(85)47(30-76)74-54(83)45(26-35-28-65-39-12-8-7-11-38(35)39)72-55(84)46(27-36-29-62-31-66-36)73-50(79)40-19-20-49(78)67-40;1-12(2)11-10-6-4(5(7)13)8-3-9-6;1-5(2,9)3(6)4(7)8/h7-8,11-12,15-18,28-29,31-33,40-48,65,76-77H,6,9-10,13-14,19-27,30H2,1-5H3,(H,62,66)(H,63,86)(H,67,78)(H,68,80)(H,69,81)(H,70,82)(H,71,85)(H,72,84)(H,73,79)(H,74,83)(H4,60,61,64);3H,1-2H3,(H2,7,13)(H,8,9);3,9H,6H2,1-2H3,(H,7,8)/b;11-10+;/t40-,41-,42-,43+,44-,45-,46-,47-,48-;;3-/m0.0/s1. The van der Waals surface area contributed by atoms with Gasteiger partial charge in [0.2, 0.25) is 59.1 Å². The van der Waals surface area contributed by atoms with Gasteiger partial charge in [0.15, 0.2) is 17.5 Å². The number of nitrogens with one attached hydrogen (secondary N) is 14. The van der Waals surface area contributed by atoms with Crippen LogP contribution in [-0.4, -0.2) is 233 Å². The number of H-pyrrole nitrogens is 3. The zero-order valence-corrected chi connectivity index (χ0v) is 63.5. The van der Waals surface area contributed by atoms with E-state index < -0.39 is 131 Å². The minimum Gasteiger partial charge on any atom is -0.508 e. The highest BCUT2D eigenvalue weighted by Crippen LogP contribution is 2.23. The number of imidazole rings is 2. The average molecular weight is 1540 g/mol. The second-order valence-electron chi connectivity index (χ2n) is 27.8. The summed E-state index contributed by atoms with van der Waals surface area (Å²) in [6.45, 7) is 12.2. The number of likely N-dealkylation sites (tertiary alicyclic amines) is 1. The number of aromatic nitrogens is 5. The first-order valence-corrected chi connectivity index (χ1v) is 36.1. The van der Waals surface area contributed by atoms with Gasteiger partial charge in [-0.15, -0.1) is 5.11 Å². The van der Waals surface area contributed by atoms with Crippen molar-refractivity contribution in [3.05, 3.63) is 96.1 Å². The molecule has 38 nitrogen and oxygen atoms in total. The Morgan fingerprint density at radius 3 is 1.83 bits per heavy atom. The van der Waals surface area contributed by atoms with Crippen LogP contribution in [0.1, 0.15) is 127 Å². The number of para-hydroxylation sites is 1. The Bertz CT molecular complexity index is 3930. The molecule has 2 fully saturated rings. The molecule has 23 N–H and O–H groups in total. The number of aromatic amines is 3. The van der Waals surface area contributed by atoms with Gasteiger partial charge in [-0.1, -0.05) is 63.3 Å². The minimum atomic E-state index is -1.75. The number of aliphatic hydroxyl groups excluding tert-OH is 1. The molecule has 0 aliphatic carbocycles. The summed E-state index contributed by atoms with van der Waals surface area (Å²) in [6, 6.07) is 0.662. The highest BCUT2D eigenvalue weighted by atomic mass is 32.1. The number of aromatic hydroxyl groups is 1. The number of phenols is 1. The Labute approximate surface area is 635 Å². The Morgan fingerprint density at radius 2 is 1.30 bits per heavy atom. The lowest BCUT2D eigenvalue weighted by molar-refractivity contribution is -0.142. The zero-order valence-electron chi connectivity index (χ0n) is 62.6. The third kappa shape index (κ3) is 28.8. The van der Waals surface area contributed by atoms with Crippen LogP contribution in [0.15, 0.2) is 83.9 Å². The first-order chi connectivity index (χ1) is 51.5. The summed E-state index contributed by atoms with van der Waals surface area (Å²) in [6.07, 6.45) is 7.15. The van der Waals surface area contributed by atoms with Crippen LogP contribution < -0.4 is 70.4 Å². The maximum Gasteiger partial charge on any atom is 0.321 e. The summed E-state index contributed by atoms with van der Waals surface area (Å²) >= 11 is 3.98. The van der Waals surface area contributed by atoms with Crippen LogP contribution in [0.2, 0.25) is 0 Å². The van der Waals surface area contributed by atoms with Crippen molar-refractivity contribution in [2.75, 3.05) is 40.3 Å². The number of carbonyl (C=O) groups excluding carboxylic acids is 11. The number of likely N-dealkylation sites (N-methyl/N-ethyl adjacent to an activating group) is 1. The Balaban J connectivity index is 0.000000828. The number of guanidine groups is 1. The molecule has 0 saturated carbocycles. The zero-order chi connectivity index (χ0) is 80.8.